The topological polar surface area (TPSA) is 63.2 Å². The van der Waals surface area contributed by atoms with Crippen molar-refractivity contribution >= 4 is 50.5 Å². The smallest absolute Gasteiger partial charge is 0.264 e. The summed E-state index contributed by atoms with van der Waals surface area (Å²) in [7, 11) is -3.86. The van der Waals surface area contributed by atoms with E-state index in [0.29, 0.717) is 44.8 Å². The van der Waals surface area contributed by atoms with Gasteiger partial charge in [-0.1, -0.05) is 52.5 Å². The maximum absolute atomic E-state index is 13.7. The molecule has 0 saturated carbocycles. The molecule has 0 aliphatic carbocycles. The predicted molar refractivity (Wildman–Crippen MR) is 137 cm³/mol. The van der Waals surface area contributed by atoms with Crippen LogP contribution in [0.1, 0.15) is 11.1 Å². The molecule has 0 saturated heterocycles. The Bertz CT molecular complexity index is 1510. The minimum atomic E-state index is -3.86. The fourth-order valence-corrected chi connectivity index (χ4v) is 5.99. The summed E-state index contributed by atoms with van der Waals surface area (Å²) < 4.78 is 28.7. The zero-order valence-electron chi connectivity index (χ0n) is 18.0. The van der Waals surface area contributed by atoms with Crippen molar-refractivity contribution in [3.63, 3.8) is 0 Å². The minimum absolute atomic E-state index is 0.167. The van der Waals surface area contributed by atoms with Crippen molar-refractivity contribution in [3.05, 3.63) is 93.1 Å². The van der Waals surface area contributed by atoms with Gasteiger partial charge in [-0.25, -0.2) is 18.4 Å². The van der Waals surface area contributed by atoms with Gasteiger partial charge in [0.2, 0.25) is 0 Å². The number of aryl methyl sites for hydroxylation is 1. The Labute approximate surface area is 213 Å². The molecule has 4 aromatic rings. The second-order valence-corrected chi connectivity index (χ2v) is 11.1. The molecule has 5 rings (SSSR count). The van der Waals surface area contributed by atoms with Crippen LogP contribution in [0.15, 0.2) is 71.6 Å². The third-order valence-electron chi connectivity index (χ3n) is 5.72. The molecule has 0 unspecified atom stereocenters. The van der Waals surface area contributed by atoms with Gasteiger partial charge in [0.15, 0.2) is 5.82 Å². The molecule has 0 N–H and O–H groups in total. The van der Waals surface area contributed by atoms with E-state index in [4.69, 9.17) is 39.8 Å². The lowest BCUT2D eigenvalue weighted by Gasteiger charge is -2.24. The number of anilines is 1. The van der Waals surface area contributed by atoms with Gasteiger partial charge in [0.05, 0.1) is 16.3 Å². The molecule has 0 bridgehead atoms. The van der Waals surface area contributed by atoms with Gasteiger partial charge >= 0.3 is 0 Å². The van der Waals surface area contributed by atoms with E-state index in [-0.39, 0.29) is 16.6 Å². The summed E-state index contributed by atoms with van der Waals surface area (Å²) in [6.07, 6.45) is 0.340. The first-order valence-electron chi connectivity index (χ1n) is 10.5. The fraction of sp³-hybridized carbons (Fsp3) is 0.120. The van der Waals surface area contributed by atoms with Crippen LogP contribution in [-0.4, -0.2) is 24.9 Å². The number of hydrogen-bond acceptors (Lipinski definition) is 4. The normalized spacial score (nSPS) is 13.2. The molecule has 1 aliphatic rings. The van der Waals surface area contributed by atoms with Gasteiger partial charge in [-0.2, -0.15) is 0 Å². The zero-order valence-corrected chi connectivity index (χ0v) is 21.0. The monoisotopic (exact) mass is 529 g/mol. The largest absolute Gasteiger partial charge is 0.265 e. The lowest BCUT2D eigenvalue weighted by Crippen LogP contribution is -2.32. The summed E-state index contributed by atoms with van der Waals surface area (Å²) >= 11 is 19.0. The Balaban J connectivity index is 1.70. The van der Waals surface area contributed by atoms with Crippen LogP contribution in [0, 0.1) is 6.92 Å². The number of benzene rings is 3. The van der Waals surface area contributed by atoms with Gasteiger partial charge < -0.3 is 0 Å². The summed E-state index contributed by atoms with van der Waals surface area (Å²) in [5, 5.41) is 1.30. The van der Waals surface area contributed by atoms with Gasteiger partial charge in [-0.3, -0.25) is 4.31 Å². The van der Waals surface area contributed by atoms with Gasteiger partial charge in [-0.15, -0.1) is 0 Å². The molecular weight excluding hydrogens is 513 g/mol. The first-order chi connectivity index (χ1) is 16.2. The van der Waals surface area contributed by atoms with Crippen LogP contribution in [0.4, 0.5) is 5.69 Å². The second-order valence-electron chi connectivity index (χ2n) is 7.97. The van der Waals surface area contributed by atoms with Gasteiger partial charge in [0, 0.05) is 33.3 Å². The predicted octanol–water partition coefficient (Wildman–Crippen LogP) is 6.83. The highest BCUT2D eigenvalue weighted by molar-refractivity contribution is 7.92. The average Bonchev–Trinajstić information content (AvgIpc) is 2.97. The van der Waals surface area contributed by atoms with Crippen molar-refractivity contribution in [2.45, 2.75) is 18.2 Å². The molecule has 5 nitrogen and oxygen atoms in total. The van der Waals surface area contributed by atoms with E-state index in [1.165, 1.54) is 4.31 Å². The summed E-state index contributed by atoms with van der Waals surface area (Å²) in [6.45, 7) is 2.08. The Morgan fingerprint density at radius 1 is 0.853 bits per heavy atom. The first kappa shape index (κ1) is 23.1. The van der Waals surface area contributed by atoms with E-state index >= 15 is 0 Å². The highest BCUT2D eigenvalue weighted by Gasteiger charge is 2.32. The second kappa shape index (κ2) is 8.86. The summed E-state index contributed by atoms with van der Waals surface area (Å²) in [5.74, 6) is 0.427. The molecular formula is C25H18Cl3N3O2S. The minimum Gasteiger partial charge on any atom is -0.265 e. The lowest BCUT2D eigenvalue weighted by molar-refractivity contribution is 0.591. The number of nitrogens with zero attached hydrogens (tertiary/aromatic N) is 3. The average molecular weight is 531 g/mol. The van der Waals surface area contributed by atoms with Crippen LogP contribution in [0.3, 0.4) is 0 Å². The number of hydrogen-bond donors (Lipinski definition) is 0. The quantitative estimate of drug-likeness (QED) is 0.272. The molecule has 2 heterocycles. The van der Waals surface area contributed by atoms with E-state index < -0.39 is 10.0 Å². The number of halogens is 3. The molecule has 0 spiro atoms. The number of aromatic nitrogens is 2. The van der Waals surface area contributed by atoms with Crippen molar-refractivity contribution in [3.8, 4) is 22.6 Å². The Morgan fingerprint density at radius 3 is 2.24 bits per heavy atom. The summed E-state index contributed by atoms with van der Waals surface area (Å²) in [6, 6.07) is 19.0. The Morgan fingerprint density at radius 2 is 1.53 bits per heavy atom. The molecule has 0 radical (unpaired) electrons. The lowest BCUT2D eigenvalue weighted by atomic mass is 10.0. The van der Waals surface area contributed by atoms with Crippen LogP contribution in [-0.2, 0) is 16.4 Å². The van der Waals surface area contributed by atoms with Crippen molar-refractivity contribution in [2.75, 3.05) is 10.8 Å². The van der Waals surface area contributed by atoms with Crippen LogP contribution in [0.2, 0.25) is 15.2 Å². The molecule has 3 aromatic carbocycles. The van der Waals surface area contributed by atoms with Crippen molar-refractivity contribution in [1.82, 2.24) is 9.97 Å². The first-order valence-corrected chi connectivity index (χ1v) is 13.0. The Kier molecular flexibility index (Phi) is 6.02. The third kappa shape index (κ3) is 4.16. The van der Waals surface area contributed by atoms with Crippen LogP contribution >= 0.6 is 34.8 Å². The maximum atomic E-state index is 13.7. The molecule has 34 heavy (non-hydrogen) atoms. The fourth-order valence-electron chi connectivity index (χ4n) is 3.96. The van der Waals surface area contributed by atoms with Gasteiger partial charge in [0.1, 0.15) is 5.15 Å². The van der Waals surface area contributed by atoms with Crippen molar-refractivity contribution in [2.24, 2.45) is 0 Å². The molecule has 1 aromatic heterocycles. The SMILES string of the molecule is Cc1ccc(S(=O)(=O)N2CCc3c(Cl)nc(-c4ccc(Cl)cc4)nc3-c3ccc(Cl)cc32)cc1. The zero-order chi connectivity index (χ0) is 24.0. The Hall–Kier alpha value is -2.64. The molecule has 0 amide bonds. The number of rotatable bonds is 3. The number of sulfonamides is 1. The van der Waals surface area contributed by atoms with E-state index in [1.807, 2.05) is 19.1 Å². The van der Waals surface area contributed by atoms with Crippen LogP contribution < -0.4 is 4.31 Å². The molecule has 172 valence electrons. The van der Waals surface area contributed by atoms with E-state index in [9.17, 15) is 8.42 Å². The van der Waals surface area contributed by atoms with Gasteiger partial charge in [-0.05, 0) is 67.9 Å². The van der Waals surface area contributed by atoms with E-state index in [1.54, 1.807) is 54.6 Å². The molecule has 0 atom stereocenters. The van der Waals surface area contributed by atoms with E-state index in [2.05, 4.69) is 4.98 Å². The highest BCUT2D eigenvalue weighted by atomic mass is 35.5. The molecule has 0 fully saturated rings. The molecule has 9 heteroatoms. The van der Waals surface area contributed by atoms with Crippen molar-refractivity contribution in [1.29, 1.82) is 0 Å². The van der Waals surface area contributed by atoms with Crippen LogP contribution in [0.5, 0.6) is 0 Å². The summed E-state index contributed by atoms with van der Waals surface area (Å²) in [4.78, 5) is 9.50. The van der Waals surface area contributed by atoms with Crippen LogP contribution in [0.25, 0.3) is 22.6 Å². The van der Waals surface area contributed by atoms with Gasteiger partial charge in [0.25, 0.3) is 10.0 Å². The standard InChI is InChI=1S/C25H18Cl3N3O2S/c1-15-2-9-19(10-3-15)34(32,33)31-13-12-21-23(20-11-8-18(27)14-22(20)31)29-25(30-24(21)28)16-4-6-17(26)7-5-16/h2-11,14H,12-13H2,1H3. The third-order valence-corrected chi connectivity index (χ3v) is 8.34. The summed E-state index contributed by atoms with van der Waals surface area (Å²) in [5.41, 5.74) is 4.05. The maximum Gasteiger partial charge on any atom is 0.264 e. The highest BCUT2D eigenvalue weighted by Crippen LogP contribution is 2.41. The molecule has 1 aliphatic heterocycles. The van der Waals surface area contributed by atoms with Crippen molar-refractivity contribution < 1.29 is 8.42 Å². The van der Waals surface area contributed by atoms with E-state index in [0.717, 1.165) is 11.1 Å². The number of fused-ring (bicyclic) bond motifs is 3.